The lowest BCUT2D eigenvalue weighted by Crippen LogP contribution is -2.10. The maximum atomic E-state index is 13.7. The standard InChI is InChI=1S/C13H12BrFN2S/c14-9-6-11-12(7-10(9)15)17(13(18)16-11)8-4-2-1-3-5-8/h1-2,6-8H,3-5H2,(H,16,18). The molecule has 1 aromatic heterocycles. The third kappa shape index (κ3) is 1.95. The van der Waals surface area contributed by atoms with Crippen LogP contribution < -0.4 is 0 Å². The van der Waals surface area contributed by atoms with Crippen LogP contribution in [0.15, 0.2) is 28.8 Å². The lowest BCUT2D eigenvalue weighted by atomic mass is 10.0. The van der Waals surface area contributed by atoms with Gasteiger partial charge >= 0.3 is 0 Å². The Labute approximate surface area is 118 Å². The molecule has 5 heteroatoms. The fraction of sp³-hybridized carbons (Fsp3) is 0.308. The summed E-state index contributed by atoms with van der Waals surface area (Å²) in [6, 6.07) is 3.62. The van der Waals surface area contributed by atoms with Crippen LogP contribution >= 0.6 is 28.1 Å². The molecule has 1 N–H and O–H groups in total. The van der Waals surface area contributed by atoms with Gasteiger partial charge in [0.1, 0.15) is 5.82 Å². The highest BCUT2D eigenvalue weighted by atomic mass is 79.9. The number of benzene rings is 1. The van der Waals surface area contributed by atoms with Crippen molar-refractivity contribution in [2.45, 2.75) is 25.3 Å². The quantitative estimate of drug-likeness (QED) is 0.585. The molecule has 18 heavy (non-hydrogen) atoms. The molecule has 2 aromatic rings. The molecule has 0 amide bonds. The van der Waals surface area contributed by atoms with Gasteiger partial charge in [-0.05, 0) is 53.5 Å². The summed E-state index contributed by atoms with van der Waals surface area (Å²) >= 11 is 8.56. The summed E-state index contributed by atoms with van der Waals surface area (Å²) < 4.78 is 16.9. The van der Waals surface area contributed by atoms with E-state index in [4.69, 9.17) is 12.2 Å². The van der Waals surface area contributed by atoms with Crippen LogP contribution in [0.4, 0.5) is 4.39 Å². The Kier molecular flexibility index (Phi) is 3.11. The average molecular weight is 327 g/mol. The summed E-state index contributed by atoms with van der Waals surface area (Å²) in [6.07, 6.45) is 7.42. The molecular formula is C13H12BrFN2S. The number of aromatic nitrogens is 2. The molecule has 0 radical (unpaired) electrons. The first-order chi connectivity index (χ1) is 8.66. The summed E-state index contributed by atoms with van der Waals surface area (Å²) in [7, 11) is 0. The van der Waals surface area contributed by atoms with Crippen LogP contribution in [0.2, 0.25) is 0 Å². The van der Waals surface area contributed by atoms with Crippen molar-refractivity contribution in [1.29, 1.82) is 0 Å². The third-order valence-corrected chi connectivity index (χ3v) is 4.27. The van der Waals surface area contributed by atoms with Crippen molar-refractivity contribution >= 4 is 39.2 Å². The number of nitrogens with one attached hydrogen (secondary N) is 1. The Bertz CT molecular complexity index is 686. The summed E-state index contributed by atoms with van der Waals surface area (Å²) in [4.78, 5) is 3.15. The molecule has 1 heterocycles. The smallest absolute Gasteiger partial charge is 0.178 e. The number of halogens is 2. The molecule has 1 aromatic carbocycles. The van der Waals surface area contributed by atoms with E-state index >= 15 is 0 Å². The molecule has 2 nitrogen and oxygen atoms in total. The van der Waals surface area contributed by atoms with Gasteiger partial charge < -0.3 is 9.55 Å². The average Bonchev–Trinajstić information content (AvgIpc) is 2.66. The first kappa shape index (κ1) is 12.1. The number of fused-ring (bicyclic) bond motifs is 1. The van der Waals surface area contributed by atoms with Gasteiger partial charge in [-0.15, -0.1) is 0 Å². The van der Waals surface area contributed by atoms with Crippen molar-refractivity contribution in [3.63, 3.8) is 0 Å². The maximum absolute atomic E-state index is 13.7. The second kappa shape index (κ2) is 4.63. The summed E-state index contributed by atoms with van der Waals surface area (Å²) in [5, 5.41) is 0. The highest BCUT2D eigenvalue weighted by Gasteiger charge is 2.17. The first-order valence-corrected chi connectivity index (χ1v) is 7.11. The summed E-state index contributed by atoms with van der Waals surface area (Å²) in [5.41, 5.74) is 1.73. The minimum Gasteiger partial charge on any atom is -0.331 e. The Hall–Kier alpha value is -0.940. The molecule has 1 aliphatic carbocycles. The van der Waals surface area contributed by atoms with Gasteiger partial charge in [0.25, 0.3) is 0 Å². The molecule has 1 unspecified atom stereocenters. The normalized spacial score (nSPS) is 19.6. The van der Waals surface area contributed by atoms with E-state index in [1.54, 1.807) is 12.1 Å². The first-order valence-electron chi connectivity index (χ1n) is 5.91. The van der Waals surface area contributed by atoms with Crippen LogP contribution in [0.25, 0.3) is 11.0 Å². The van der Waals surface area contributed by atoms with Crippen LogP contribution in [0, 0.1) is 10.6 Å². The second-order valence-corrected chi connectivity index (χ2v) is 5.76. The fourth-order valence-electron chi connectivity index (χ4n) is 2.50. The fourth-order valence-corrected chi connectivity index (χ4v) is 3.20. The predicted molar refractivity (Wildman–Crippen MR) is 76.8 cm³/mol. The monoisotopic (exact) mass is 326 g/mol. The van der Waals surface area contributed by atoms with Crippen molar-refractivity contribution < 1.29 is 4.39 Å². The van der Waals surface area contributed by atoms with Gasteiger partial charge in [-0.3, -0.25) is 0 Å². The number of rotatable bonds is 1. The number of H-pyrrole nitrogens is 1. The Morgan fingerprint density at radius 1 is 1.39 bits per heavy atom. The second-order valence-electron chi connectivity index (χ2n) is 4.52. The highest BCUT2D eigenvalue weighted by Crippen LogP contribution is 2.30. The summed E-state index contributed by atoms with van der Waals surface area (Å²) in [6.45, 7) is 0. The van der Waals surface area contributed by atoms with Gasteiger partial charge in [0, 0.05) is 12.1 Å². The third-order valence-electron chi connectivity index (χ3n) is 3.37. The van der Waals surface area contributed by atoms with Gasteiger partial charge in [-0.25, -0.2) is 4.39 Å². The zero-order valence-electron chi connectivity index (χ0n) is 9.62. The van der Waals surface area contributed by atoms with Crippen molar-refractivity contribution in [3.8, 4) is 0 Å². The van der Waals surface area contributed by atoms with E-state index in [9.17, 15) is 4.39 Å². The predicted octanol–water partition coefficient (Wildman–Crippen LogP) is 4.88. The molecule has 0 aliphatic heterocycles. The zero-order chi connectivity index (χ0) is 12.7. The van der Waals surface area contributed by atoms with Crippen molar-refractivity contribution in [2.75, 3.05) is 0 Å². The van der Waals surface area contributed by atoms with Gasteiger partial charge in [0.05, 0.1) is 15.5 Å². The number of hydrogen-bond acceptors (Lipinski definition) is 1. The molecular weight excluding hydrogens is 315 g/mol. The molecule has 0 spiro atoms. The van der Waals surface area contributed by atoms with E-state index in [0.29, 0.717) is 15.3 Å². The van der Waals surface area contributed by atoms with Crippen LogP contribution in [-0.2, 0) is 0 Å². The number of allylic oxidation sites excluding steroid dienone is 2. The van der Waals surface area contributed by atoms with E-state index in [2.05, 4.69) is 33.1 Å². The van der Waals surface area contributed by atoms with E-state index < -0.39 is 0 Å². The summed E-state index contributed by atoms with van der Waals surface area (Å²) in [5.74, 6) is -0.253. The molecule has 1 atom stereocenters. The van der Waals surface area contributed by atoms with Crippen LogP contribution in [0.5, 0.6) is 0 Å². The number of hydrogen-bond donors (Lipinski definition) is 1. The minimum absolute atomic E-state index is 0.253. The Morgan fingerprint density at radius 3 is 2.94 bits per heavy atom. The van der Waals surface area contributed by atoms with Gasteiger partial charge in [0.15, 0.2) is 4.77 Å². The highest BCUT2D eigenvalue weighted by molar-refractivity contribution is 9.10. The van der Waals surface area contributed by atoms with Crippen LogP contribution in [0.3, 0.4) is 0 Å². The number of aromatic amines is 1. The molecule has 1 aliphatic rings. The van der Waals surface area contributed by atoms with Gasteiger partial charge in [-0.1, -0.05) is 12.2 Å². The Morgan fingerprint density at radius 2 is 2.22 bits per heavy atom. The molecule has 0 saturated heterocycles. The van der Waals surface area contributed by atoms with Crippen LogP contribution in [-0.4, -0.2) is 9.55 Å². The molecule has 0 fully saturated rings. The lowest BCUT2D eigenvalue weighted by Gasteiger charge is -2.20. The van der Waals surface area contributed by atoms with E-state index in [1.165, 1.54) is 0 Å². The van der Waals surface area contributed by atoms with Crippen LogP contribution in [0.1, 0.15) is 25.3 Å². The molecule has 3 rings (SSSR count). The largest absolute Gasteiger partial charge is 0.331 e. The van der Waals surface area contributed by atoms with Crippen molar-refractivity contribution in [3.05, 3.63) is 39.3 Å². The van der Waals surface area contributed by atoms with E-state index in [0.717, 1.165) is 30.3 Å². The van der Waals surface area contributed by atoms with E-state index in [-0.39, 0.29) is 5.82 Å². The van der Waals surface area contributed by atoms with Gasteiger partial charge in [0.2, 0.25) is 0 Å². The molecule has 94 valence electrons. The van der Waals surface area contributed by atoms with Gasteiger partial charge in [-0.2, -0.15) is 0 Å². The molecule has 0 bridgehead atoms. The topological polar surface area (TPSA) is 20.7 Å². The number of imidazole rings is 1. The lowest BCUT2D eigenvalue weighted by molar-refractivity contribution is 0.467. The van der Waals surface area contributed by atoms with Crippen molar-refractivity contribution in [2.24, 2.45) is 0 Å². The Balaban J connectivity index is 2.22. The number of nitrogens with zero attached hydrogens (tertiary/aromatic N) is 1. The van der Waals surface area contributed by atoms with Crippen molar-refractivity contribution in [1.82, 2.24) is 9.55 Å². The van der Waals surface area contributed by atoms with E-state index in [1.807, 2.05) is 4.57 Å². The maximum Gasteiger partial charge on any atom is 0.178 e. The minimum atomic E-state index is -0.253. The SMILES string of the molecule is Fc1cc2c(cc1Br)[nH]c(=S)n2C1CC=CCC1. The zero-order valence-corrected chi connectivity index (χ0v) is 12.0. The molecule has 0 saturated carbocycles.